The minimum Gasteiger partial charge on any atom is -0.324 e. The van der Waals surface area contributed by atoms with Crippen molar-refractivity contribution in [2.75, 3.05) is 22.8 Å². The summed E-state index contributed by atoms with van der Waals surface area (Å²) < 4.78 is 25.1. The highest BCUT2D eigenvalue weighted by atomic mass is 32.2. The Balaban J connectivity index is 2.10. The van der Waals surface area contributed by atoms with E-state index in [2.05, 4.69) is 22.3 Å². The summed E-state index contributed by atoms with van der Waals surface area (Å²) in [6.45, 7) is 2.88. The number of hydrogen-bond donors (Lipinski definition) is 3. The van der Waals surface area contributed by atoms with Gasteiger partial charge in [0.25, 0.3) is 0 Å². The van der Waals surface area contributed by atoms with Crippen molar-refractivity contribution >= 4 is 27.3 Å². The lowest BCUT2D eigenvalue weighted by molar-refractivity contribution is -0.120. The maximum absolute atomic E-state index is 12.3. The van der Waals surface area contributed by atoms with Crippen molar-refractivity contribution in [3.63, 3.8) is 0 Å². The Morgan fingerprint density at radius 3 is 2.57 bits per heavy atom. The van der Waals surface area contributed by atoms with E-state index in [9.17, 15) is 13.2 Å². The van der Waals surface area contributed by atoms with E-state index in [1.165, 1.54) is 0 Å². The normalized spacial score (nSPS) is 22.6. The lowest BCUT2D eigenvalue weighted by atomic mass is 9.92. The fraction of sp³-hybridized carbons (Fsp3) is 0.500. The number of anilines is 2. The molecule has 0 saturated carbocycles. The molecule has 1 aromatic carbocycles. The number of carbonyl (C=O) groups is 1. The van der Waals surface area contributed by atoms with Crippen LogP contribution in [0.3, 0.4) is 0 Å². The minimum absolute atomic E-state index is 0.0486. The predicted molar refractivity (Wildman–Crippen MR) is 83.7 cm³/mol. The molecule has 0 aliphatic carbocycles. The van der Waals surface area contributed by atoms with Gasteiger partial charge >= 0.3 is 0 Å². The van der Waals surface area contributed by atoms with Gasteiger partial charge in [-0.3, -0.25) is 9.52 Å². The third-order valence-electron chi connectivity index (χ3n) is 3.47. The first-order valence-electron chi connectivity index (χ1n) is 6.96. The zero-order chi connectivity index (χ0) is 15.5. The molecule has 7 heteroatoms. The molecule has 116 valence electrons. The molecule has 3 N–H and O–H groups in total. The topological polar surface area (TPSA) is 87.3 Å². The zero-order valence-electron chi connectivity index (χ0n) is 12.2. The van der Waals surface area contributed by atoms with E-state index in [4.69, 9.17) is 0 Å². The lowest BCUT2D eigenvalue weighted by Gasteiger charge is -2.27. The van der Waals surface area contributed by atoms with Crippen LogP contribution < -0.4 is 15.4 Å². The molecule has 0 spiro atoms. The van der Waals surface area contributed by atoms with E-state index in [-0.39, 0.29) is 11.8 Å². The Bertz CT molecular complexity index is 616. The van der Waals surface area contributed by atoms with Gasteiger partial charge in [-0.05, 0) is 38.4 Å². The van der Waals surface area contributed by atoms with Crippen LogP contribution in [0.4, 0.5) is 11.4 Å². The first-order chi connectivity index (χ1) is 9.85. The van der Waals surface area contributed by atoms with Crippen LogP contribution in [0.1, 0.15) is 19.8 Å². The van der Waals surface area contributed by atoms with Gasteiger partial charge in [0.1, 0.15) is 0 Å². The van der Waals surface area contributed by atoms with Gasteiger partial charge < -0.3 is 10.6 Å². The van der Waals surface area contributed by atoms with E-state index >= 15 is 0 Å². The Morgan fingerprint density at radius 1 is 1.29 bits per heavy atom. The summed E-state index contributed by atoms with van der Waals surface area (Å²) in [5, 5.41) is 6.13. The largest absolute Gasteiger partial charge is 0.324 e. The molecule has 1 amide bonds. The first kappa shape index (κ1) is 15.8. The van der Waals surface area contributed by atoms with Gasteiger partial charge in [0.2, 0.25) is 15.9 Å². The summed E-state index contributed by atoms with van der Waals surface area (Å²) in [7, 11) is -3.38. The molecule has 1 aromatic rings. The SMILES string of the molecule is CC1CC(C(=O)Nc2ccccc2NS(C)(=O)=O)CCN1. The number of amides is 1. The van der Waals surface area contributed by atoms with Crippen LogP contribution in [-0.2, 0) is 14.8 Å². The van der Waals surface area contributed by atoms with Gasteiger partial charge in [-0.25, -0.2) is 8.42 Å². The molecule has 2 rings (SSSR count). The lowest BCUT2D eigenvalue weighted by Crippen LogP contribution is -2.40. The van der Waals surface area contributed by atoms with Crippen LogP contribution in [0.25, 0.3) is 0 Å². The zero-order valence-corrected chi connectivity index (χ0v) is 13.0. The summed E-state index contributed by atoms with van der Waals surface area (Å²) in [6.07, 6.45) is 2.66. The molecule has 0 bridgehead atoms. The molecule has 1 aliphatic heterocycles. The number of hydrogen-bond acceptors (Lipinski definition) is 4. The molecular weight excluding hydrogens is 290 g/mol. The number of sulfonamides is 1. The standard InChI is InChI=1S/C14H21N3O3S/c1-10-9-11(7-8-15-10)14(18)16-12-5-3-4-6-13(12)17-21(2,19)20/h3-6,10-11,15,17H,7-9H2,1-2H3,(H,16,18). The van der Waals surface area contributed by atoms with Crippen molar-refractivity contribution < 1.29 is 13.2 Å². The van der Waals surface area contributed by atoms with E-state index in [1.807, 2.05) is 0 Å². The van der Waals surface area contributed by atoms with E-state index in [0.717, 1.165) is 25.6 Å². The third kappa shape index (κ3) is 4.71. The average Bonchev–Trinajstić information content (AvgIpc) is 2.39. The quantitative estimate of drug-likeness (QED) is 0.784. The second kappa shape index (κ2) is 6.44. The van der Waals surface area contributed by atoms with Gasteiger partial charge in [0.05, 0.1) is 17.6 Å². The third-order valence-corrected chi connectivity index (χ3v) is 4.07. The number of benzene rings is 1. The number of para-hydroxylation sites is 2. The molecule has 1 fully saturated rings. The van der Waals surface area contributed by atoms with Crippen LogP contribution in [0.2, 0.25) is 0 Å². The molecule has 0 aromatic heterocycles. The molecule has 1 heterocycles. The first-order valence-corrected chi connectivity index (χ1v) is 8.85. The average molecular weight is 311 g/mol. The smallest absolute Gasteiger partial charge is 0.229 e. The van der Waals surface area contributed by atoms with E-state index in [0.29, 0.717) is 17.4 Å². The molecule has 2 atom stereocenters. The van der Waals surface area contributed by atoms with Crippen LogP contribution >= 0.6 is 0 Å². The highest BCUT2D eigenvalue weighted by Crippen LogP contribution is 2.24. The number of nitrogens with one attached hydrogen (secondary N) is 3. The summed E-state index contributed by atoms with van der Waals surface area (Å²) in [5.74, 6) is -0.112. The Hall–Kier alpha value is -1.60. The maximum Gasteiger partial charge on any atom is 0.229 e. The van der Waals surface area contributed by atoms with Gasteiger partial charge in [0, 0.05) is 12.0 Å². The highest BCUT2D eigenvalue weighted by molar-refractivity contribution is 7.92. The van der Waals surface area contributed by atoms with Crippen LogP contribution in [0.15, 0.2) is 24.3 Å². The fourth-order valence-electron chi connectivity index (χ4n) is 2.49. The summed E-state index contributed by atoms with van der Waals surface area (Å²) in [6, 6.07) is 7.11. The van der Waals surface area contributed by atoms with E-state index in [1.54, 1.807) is 24.3 Å². The van der Waals surface area contributed by atoms with Crippen LogP contribution in [-0.4, -0.2) is 33.2 Å². The monoisotopic (exact) mass is 311 g/mol. The van der Waals surface area contributed by atoms with Gasteiger partial charge in [0.15, 0.2) is 0 Å². The van der Waals surface area contributed by atoms with Gasteiger partial charge in [-0.2, -0.15) is 0 Å². The number of carbonyl (C=O) groups excluding carboxylic acids is 1. The minimum atomic E-state index is -3.38. The molecule has 0 radical (unpaired) electrons. The number of piperidine rings is 1. The molecule has 1 saturated heterocycles. The van der Waals surface area contributed by atoms with E-state index < -0.39 is 10.0 Å². The van der Waals surface area contributed by atoms with Crippen molar-refractivity contribution in [2.24, 2.45) is 5.92 Å². The van der Waals surface area contributed by atoms with Crippen molar-refractivity contribution in [3.05, 3.63) is 24.3 Å². The molecule has 1 aliphatic rings. The predicted octanol–water partition coefficient (Wildman–Crippen LogP) is 1.38. The van der Waals surface area contributed by atoms with Crippen LogP contribution in [0.5, 0.6) is 0 Å². The molecular formula is C14H21N3O3S. The second-order valence-corrected chi connectivity index (χ2v) is 7.23. The Morgan fingerprint density at radius 2 is 1.95 bits per heavy atom. The van der Waals surface area contributed by atoms with Gasteiger partial charge in [-0.15, -0.1) is 0 Å². The van der Waals surface area contributed by atoms with Gasteiger partial charge in [-0.1, -0.05) is 12.1 Å². The fourth-order valence-corrected chi connectivity index (χ4v) is 3.06. The summed E-state index contributed by atoms with van der Waals surface area (Å²) in [4.78, 5) is 12.3. The Kier molecular flexibility index (Phi) is 4.84. The second-order valence-electron chi connectivity index (χ2n) is 5.49. The summed E-state index contributed by atoms with van der Waals surface area (Å²) >= 11 is 0. The Labute approximate surface area is 125 Å². The van der Waals surface area contributed by atoms with Crippen molar-refractivity contribution in [2.45, 2.75) is 25.8 Å². The highest BCUT2D eigenvalue weighted by Gasteiger charge is 2.25. The van der Waals surface area contributed by atoms with Crippen molar-refractivity contribution in [1.82, 2.24) is 5.32 Å². The van der Waals surface area contributed by atoms with Crippen molar-refractivity contribution in [1.29, 1.82) is 0 Å². The van der Waals surface area contributed by atoms with Crippen LogP contribution in [0, 0.1) is 5.92 Å². The molecule has 6 nitrogen and oxygen atoms in total. The molecule has 2 unspecified atom stereocenters. The number of rotatable bonds is 4. The summed E-state index contributed by atoms with van der Waals surface area (Å²) in [5.41, 5.74) is 0.870. The maximum atomic E-state index is 12.3. The van der Waals surface area contributed by atoms with Crippen molar-refractivity contribution in [3.8, 4) is 0 Å². The molecule has 21 heavy (non-hydrogen) atoms.